The highest BCUT2D eigenvalue weighted by molar-refractivity contribution is 9.09. The van der Waals surface area contributed by atoms with Crippen molar-refractivity contribution < 1.29 is 4.79 Å². The number of rotatable bonds is 4. The third-order valence-electron chi connectivity index (χ3n) is 4.48. The second-order valence-electron chi connectivity index (χ2n) is 6.30. The number of alkyl halides is 1. The Morgan fingerprint density at radius 2 is 1.75 bits per heavy atom. The lowest BCUT2D eigenvalue weighted by atomic mass is 9.88. The van der Waals surface area contributed by atoms with E-state index in [0.717, 1.165) is 28.6 Å². The van der Waals surface area contributed by atoms with E-state index in [9.17, 15) is 4.79 Å². The predicted octanol–water partition coefficient (Wildman–Crippen LogP) is 4.30. The number of halogens is 1. The van der Waals surface area contributed by atoms with Crippen molar-refractivity contribution in [2.75, 3.05) is 11.9 Å². The number of hydrogen-bond acceptors (Lipinski definition) is 1. The van der Waals surface area contributed by atoms with Crippen molar-refractivity contribution in [3.8, 4) is 0 Å². The molecule has 1 N–H and O–H groups in total. The molecule has 0 spiro atoms. The first kappa shape index (κ1) is 15.6. The van der Waals surface area contributed by atoms with Crippen LogP contribution in [-0.4, -0.2) is 17.8 Å². The van der Waals surface area contributed by atoms with E-state index in [1.54, 1.807) is 0 Å². The predicted molar refractivity (Wildman–Crippen MR) is 87.7 cm³/mol. The topological polar surface area (TPSA) is 29.1 Å². The molecule has 1 amide bonds. The number of nitrogens with one attached hydrogen (secondary N) is 1. The fourth-order valence-corrected chi connectivity index (χ4v) is 4.14. The Hall–Kier alpha value is -0.830. The third-order valence-corrected chi connectivity index (χ3v) is 5.67. The minimum absolute atomic E-state index is 0.0761. The summed E-state index contributed by atoms with van der Waals surface area (Å²) in [5.41, 5.74) is 4.46. The summed E-state index contributed by atoms with van der Waals surface area (Å²) in [7, 11) is 0. The molecular formula is C17H24BrNO. The highest BCUT2D eigenvalue weighted by Crippen LogP contribution is 2.39. The van der Waals surface area contributed by atoms with Gasteiger partial charge in [-0.2, -0.15) is 0 Å². The molecule has 1 fully saturated rings. The molecule has 2 rings (SSSR count). The molecule has 110 valence electrons. The van der Waals surface area contributed by atoms with Crippen LogP contribution in [0.5, 0.6) is 0 Å². The normalized spacial score (nSPS) is 17.2. The van der Waals surface area contributed by atoms with Gasteiger partial charge >= 0.3 is 0 Å². The third kappa shape index (κ3) is 3.25. The van der Waals surface area contributed by atoms with Gasteiger partial charge in [0.2, 0.25) is 0 Å². The molecule has 1 aromatic rings. The monoisotopic (exact) mass is 337 g/mol. The van der Waals surface area contributed by atoms with Crippen LogP contribution < -0.4 is 5.32 Å². The maximum absolute atomic E-state index is 12.5. The van der Waals surface area contributed by atoms with Crippen LogP contribution >= 0.6 is 15.9 Å². The molecule has 0 bridgehead atoms. The van der Waals surface area contributed by atoms with E-state index in [0.29, 0.717) is 0 Å². The van der Waals surface area contributed by atoms with Gasteiger partial charge in [-0.15, -0.1) is 0 Å². The number of aryl methyl sites for hydroxylation is 3. The summed E-state index contributed by atoms with van der Waals surface area (Å²) in [5, 5.41) is 4.14. The zero-order valence-corrected chi connectivity index (χ0v) is 14.3. The number of amides is 1. The molecule has 1 aromatic carbocycles. The van der Waals surface area contributed by atoms with Gasteiger partial charge in [0.1, 0.15) is 0 Å². The smallest absolute Gasteiger partial charge is 0.251 e. The van der Waals surface area contributed by atoms with Crippen molar-refractivity contribution in [2.45, 2.75) is 46.5 Å². The van der Waals surface area contributed by atoms with E-state index < -0.39 is 0 Å². The van der Waals surface area contributed by atoms with Gasteiger partial charge in [0.05, 0.1) is 0 Å². The van der Waals surface area contributed by atoms with E-state index in [4.69, 9.17) is 0 Å². The fourth-order valence-electron chi connectivity index (χ4n) is 3.38. The van der Waals surface area contributed by atoms with Crippen molar-refractivity contribution in [3.63, 3.8) is 0 Å². The summed E-state index contributed by atoms with van der Waals surface area (Å²) in [6.45, 7) is 6.89. The number of benzene rings is 1. The Bertz CT molecular complexity index is 481. The van der Waals surface area contributed by atoms with Crippen molar-refractivity contribution in [2.24, 2.45) is 5.41 Å². The summed E-state index contributed by atoms with van der Waals surface area (Å²) >= 11 is 3.63. The van der Waals surface area contributed by atoms with Crippen LogP contribution in [0, 0.1) is 26.2 Å². The lowest BCUT2D eigenvalue weighted by Crippen LogP contribution is -2.37. The maximum Gasteiger partial charge on any atom is 0.251 e. The fraction of sp³-hybridized carbons (Fsp3) is 0.588. The van der Waals surface area contributed by atoms with Crippen LogP contribution in [0.4, 0.5) is 0 Å². The summed E-state index contributed by atoms with van der Waals surface area (Å²) < 4.78 is 0. The Labute approximate surface area is 130 Å². The number of hydrogen-bond donors (Lipinski definition) is 1. The van der Waals surface area contributed by atoms with Gasteiger partial charge in [0.15, 0.2) is 0 Å². The molecule has 0 atom stereocenters. The molecule has 0 aliphatic heterocycles. The molecule has 2 nitrogen and oxygen atoms in total. The molecule has 1 aliphatic rings. The summed E-state index contributed by atoms with van der Waals surface area (Å²) in [4.78, 5) is 12.5. The number of carbonyl (C=O) groups excluding carboxylic acids is 1. The number of carbonyl (C=O) groups is 1. The van der Waals surface area contributed by atoms with Gasteiger partial charge < -0.3 is 5.32 Å². The summed E-state index contributed by atoms with van der Waals surface area (Å²) in [6.07, 6.45) is 4.99. The van der Waals surface area contributed by atoms with Gasteiger partial charge in [-0.3, -0.25) is 4.79 Å². The molecule has 1 aliphatic carbocycles. The quantitative estimate of drug-likeness (QED) is 0.815. The Morgan fingerprint density at radius 1 is 1.20 bits per heavy atom. The first-order valence-electron chi connectivity index (χ1n) is 7.39. The first-order chi connectivity index (χ1) is 9.47. The zero-order chi connectivity index (χ0) is 14.8. The molecule has 0 radical (unpaired) electrons. The van der Waals surface area contributed by atoms with Gasteiger partial charge in [-0.05, 0) is 50.2 Å². The second-order valence-corrected chi connectivity index (χ2v) is 6.86. The highest BCUT2D eigenvalue weighted by atomic mass is 79.9. The van der Waals surface area contributed by atoms with Crippen LogP contribution in [0.1, 0.15) is 52.7 Å². The van der Waals surface area contributed by atoms with E-state index in [-0.39, 0.29) is 11.3 Å². The lowest BCUT2D eigenvalue weighted by Gasteiger charge is -2.27. The SMILES string of the molecule is Cc1cc(C)c(C(=O)NCC2(CBr)CCCC2)c(C)c1. The standard InChI is InChI=1S/C17H24BrNO/c1-12-8-13(2)15(14(3)9-12)16(20)19-11-17(10-18)6-4-5-7-17/h8-9H,4-7,10-11H2,1-3H3,(H,19,20). The van der Waals surface area contributed by atoms with Crippen molar-refractivity contribution >= 4 is 21.8 Å². The molecule has 0 aromatic heterocycles. The second kappa shape index (κ2) is 6.30. The van der Waals surface area contributed by atoms with Gasteiger partial charge in [0.25, 0.3) is 5.91 Å². The van der Waals surface area contributed by atoms with Crippen LogP contribution in [0.25, 0.3) is 0 Å². The zero-order valence-electron chi connectivity index (χ0n) is 12.7. The highest BCUT2D eigenvalue weighted by Gasteiger charge is 2.33. The molecule has 20 heavy (non-hydrogen) atoms. The average Bonchev–Trinajstić information content (AvgIpc) is 2.84. The molecule has 0 unspecified atom stereocenters. The molecule has 0 saturated heterocycles. The summed E-state index contributed by atoms with van der Waals surface area (Å²) in [6, 6.07) is 4.16. The average molecular weight is 338 g/mol. The largest absolute Gasteiger partial charge is 0.351 e. The van der Waals surface area contributed by atoms with Crippen molar-refractivity contribution in [3.05, 3.63) is 34.4 Å². The van der Waals surface area contributed by atoms with Gasteiger partial charge in [-0.25, -0.2) is 0 Å². The summed E-state index contributed by atoms with van der Waals surface area (Å²) in [5.74, 6) is 0.0761. The van der Waals surface area contributed by atoms with E-state index in [1.165, 1.54) is 31.2 Å². The van der Waals surface area contributed by atoms with Crippen LogP contribution in [0.3, 0.4) is 0 Å². The lowest BCUT2D eigenvalue weighted by molar-refractivity contribution is 0.0934. The Kier molecular flexibility index (Phi) is 4.90. The van der Waals surface area contributed by atoms with Crippen LogP contribution in [-0.2, 0) is 0 Å². The minimum Gasteiger partial charge on any atom is -0.351 e. The molecule has 1 saturated carbocycles. The Balaban J connectivity index is 2.09. The van der Waals surface area contributed by atoms with Crippen molar-refractivity contribution in [1.29, 1.82) is 0 Å². The van der Waals surface area contributed by atoms with Crippen molar-refractivity contribution in [1.82, 2.24) is 5.32 Å². The van der Waals surface area contributed by atoms with Crippen LogP contribution in [0.15, 0.2) is 12.1 Å². The molecular weight excluding hydrogens is 314 g/mol. The van der Waals surface area contributed by atoms with E-state index in [1.807, 2.05) is 13.8 Å². The van der Waals surface area contributed by atoms with Gasteiger partial charge in [0, 0.05) is 17.4 Å². The van der Waals surface area contributed by atoms with Gasteiger partial charge in [-0.1, -0.05) is 46.5 Å². The van der Waals surface area contributed by atoms with E-state index in [2.05, 4.69) is 40.3 Å². The minimum atomic E-state index is 0.0761. The molecule has 3 heteroatoms. The first-order valence-corrected chi connectivity index (χ1v) is 8.52. The molecule has 0 heterocycles. The maximum atomic E-state index is 12.5. The van der Waals surface area contributed by atoms with E-state index >= 15 is 0 Å². The van der Waals surface area contributed by atoms with Crippen LogP contribution in [0.2, 0.25) is 0 Å². The Morgan fingerprint density at radius 3 is 2.25 bits per heavy atom.